The fraction of sp³-hybridized carbons (Fsp3) is 0.250. The van der Waals surface area contributed by atoms with Crippen LogP contribution in [0.4, 0.5) is 0 Å². The van der Waals surface area contributed by atoms with Crippen LogP contribution in [0.15, 0.2) is 12.2 Å². The topological polar surface area (TPSA) is 37.3 Å². The number of carbonyl (C=O) groups is 1. The number of hydrogen-bond donors (Lipinski definition) is 1. The quantitative estimate of drug-likeness (QED) is 0.557. The van der Waals surface area contributed by atoms with E-state index in [4.69, 9.17) is 5.11 Å². The van der Waals surface area contributed by atoms with Gasteiger partial charge in [0.15, 0.2) is 0 Å². The molecule has 2 nitrogen and oxygen atoms in total. The molecule has 1 N–H and O–H groups in total. The molecule has 7 heavy (non-hydrogen) atoms. The molecule has 0 aromatic rings. The first-order valence-corrected chi connectivity index (χ1v) is 1.53. The molecule has 0 fully saturated rings. The summed E-state index contributed by atoms with van der Waals surface area (Å²) in [6, 6.07) is 0. The van der Waals surface area contributed by atoms with Crippen molar-refractivity contribution in [2.75, 3.05) is 0 Å². The van der Waals surface area contributed by atoms with Crippen molar-refractivity contribution in [3.63, 3.8) is 0 Å². The Hall–Kier alpha value is 0.0931. The summed E-state index contributed by atoms with van der Waals surface area (Å²) >= 11 is 0. The molecular weight excluding hydrogens is 289 g/mol. The average Bonchev–Trinajstić information content (AvgIpc) is 1.36. The summed E-state index contributed by atoms with van der Waals surface area (Å²) in [5, 5.41) is 7.89. The molecule has 0 rings (SSSR count). The maximum Gasteiger partial charge on any atom is 0.330 e. The van der Waals surface area contributed by atoms with Crippen molar-refractivity contribution in [2.45, 2.75) is 6.92 Å². The van der Waals surface area contributed by atoms with Gasteiger partial charge in [-0.1, -0.05) is 6.58 Å². The Morgan fingerprint density at radius 3 is 1.86 bits per heavy atom. The van der Waals surface area contributed by atoms with Gasteiger partial charge in [0.25, 0.3) is 0 Å². The van der Waals surface area contributed by atoms with E-state index in [0.717, 1.165) is 0 Å². The van der Waals surface area contributed by atoms with Crippen LogP contribution in [0.1, 0.15) is 6.92 Å². The second kappa shape index (κ2) is 4.26. The maximum absolute atomic E-state index is 9.60. The zero-order valence-electron chi connectivity index (χ0n) is 4.01. The van der Waals surface area contributed by atoms with Gasteiger partial charge in [-0.3, -0.25) is 0 Å². The van der Waals surface area contributed by atoms with Crippen molar-refractivity contribution < 1.29 is 9.90 Å². The molecule has 0 heterocycles. The third-order valence-electron chi connectivity index (χ3n) is 0.365. The van der Waals surface area contributed by atoms with Crippen LogP contribution in [0.5, 0.6) is 0 Å². The molecule has 0 amide bonds. The molecule has 0 aromatic carbocycles. The Bertz CT molecular complexity index is 75.7. The first-order valence-electron chi connectivity index (χ1n) is 1.53. The molecular formula is C4H6BiO2. The van der Waals surface area contributed by atoms with E-state index in [0.29, 0.717) is 0 Å². The molecule has 0 unspecified atom stereocenters. The van der Waals surface area contributed by atoms with Gasteiger partial charge in [-0.2, -0.15) is 0 Å². The van der Waals surface area contributed by atoms with E-state index in [-0.39, 0.29) is 31.8 Å². The number of aliphatic carboxylic acids is 1. The predicted octanol–water partition coefficient (Wildman–Crippen LogP) is 0.266. The fourth-order valence-electron chi connectivity index (χ4n) is 0. The smallest absolute Gasteiger partial charge is 0.330 e. The molecule has 0 bridgehead atoms. The van der Waals surface area contributed by atoms with E-state index in [2.05, 4.69) is 6.58 Å². The summed E-state index contributed by atoms with van der Waals surface area (Å²) in [6.45, 7) is 4.60. The summed E-state index contributed by atoms with van der Waals surface area (Å²) in [6.07, 6.45) is 0. The molecule has 3 radical (unpaired) electrons. The van der Waals surface area contributed by atoms with Gasteiger partial charge in [0.05, 0.1) is 0 Å². The van der Waals surface area contributed by atoms with Gasteiger partial charge in [-0.25, -0.2) is 4.79 Å². The van der Waals surface area contributed by atoms with E-state index in [1.807, 2.05) is 0 Å². The normalized spacial score (nSPS) is 6.43. The maximum atomic E-state index is 9.60. The van der Waals surface area contributed by atoms with Crippen LogP contribution in [0.25, 0.3) is 0 Å². The molecule has 0 spiro atoms. The second-order valence-electron chi connectivity index (χ2n) is 1.09. The molecule has 0 saturated heterocycles. The van der Waals surface area contributed by atoms with Gasteiger partial charge in [0, 0.05) is 31.8 Å². The van der Waals surface area contributed by atoms with Crippen LogP contribution < -0.4 is 0 Å². The van der Waals surface area contributed by atoms with Crippen LogP contribution in [0.2, 0.25) is 0 Å². The number of rotatable bonds is 1. The van der Waals surface area contributed by atoms with Gasteiger partial charge in [0.1, 0.15) is 0 Å². The van der Waals surface area contributed by atoms with Crippen LogP contribution in [0.3, 0.4) is 0 Å². The molecule has 0 aromatic heterocycles. The molecule has 0 aliphatic rings. The SMILES string of the molecule is C=C(C)C(=O)O.[Bi]. The van der Waals surface area contributed by atoms with E-state index in [1.165, 1.54) is 6.92 Å². The van der Waals surface area contributed by atoms with E-state index < -0.39 is 5.97 Å². The van der Waals surface area contributed by atoms with E-state index in [9.17, 15) is 4.79 Å². The summed E-state index contributed by atoms with van der Waals surface area (Å²) in [5.41, 5.74) is 0.176. The monoisotopic (exact) mass is 295 g/mol. The van der Waals surface area contributed by atoms with E-state index in [1.54, 1.807) is 0 Å². The summed E-state index contributed by atoms with van der Waals surface area (Å²) in [7, 11) is 0. The van der Waals surface area contributed by atoms with Crippen LogP contribution in [-0.2, 0) is 4.79 Å². The summed E-state index contributed by atoms with van der Waals surface area (Å²) in [5.74, 6) is -0.935. The van der Waals surface area contributed by atoms with E-state index >= 15 is 0 Å². The van der Waals surface area contributed by atoms with Crippen molar-refractivity contribution in [1.82, 2.24) is 0 Å². The van der Waals surface area contributed by atoms with Gasteiger partial charge < -0.3 is 5.11 Å². The molecule has 39 valence electrons. The minimum atomic E-state index is -0.935. The van der Waals surface area contributed by atoms with Gasteiger partial charge >= 0.3 is 5.97 Å². The predicted molar refractivity (Wildman–Crippen MR) is 28.2 cm³/mol. The van der Waals surface area contributed by atoms with Crippen molar-refractivity contribution in [1.29, 1.82) is 0 Å². The van der Waals surface area contributed by atoms with Crippen molar-refractivity contribution in [3.05, 3.63) is 12.2 Å². The second-order valence-corrected chi connectivity index (χ2v) is 1.09. The summed E-state index contributed by atoms with van der Waals surface area (Å²) < 4.78 is 0. The third-order valence-corrected chi connectivity index (χ3v) is 0.365. The first-order chi connectivity index (χ1) is 2.64. The van der Waals surface area contributed by atoms with Crippen LogP contribution in [0, 0.1) is 0 Å². The Morgan fingerprint density at radius 2 is 1.86 bits per heavy atom. The standard InChI is InChI=1S/C4H6O2.Bi/c1-3(2)4(5)6;/h1H2,2H3,(H,5,6);. The first kappa shape index (κ1) is 10.2. The Balaban J connectivity index is 0. The molecule has 0 aliphatic carbocycles. The van der Waals surface area contributed by atoms with Crippen LogP contribution in [-0.4, -0.2) is 37.3 Å². The molecule has 0 aliphatic heterocycles. The Labute approximate surface area is 61.3 Å². The van der Waals surface area contributed by atoms with Crippen molar-refractivity contribution >= 4 is 32.2 Å². The van der Waals surface area contributed by atoms with Crippen molar-refractivity contribution in [2.24, 2.45) is 0 Å². The number of carboxylic acids is 1. The third kappa shape index (κ3) is 6.09. The fourth-order valence-corrected chi connectivity index (χ4v) is 0. The van der Waals surface area contributed by atoms with Gasteiger partial charge in [-0.15, -0.1) is 0 Å². The number of hydrogen-bond acceptors (Lipinski definition) is 1. The average molecular weight is 295 g/mol. The summed E-state index contributed by atoms with van der Waals surface area (Å²) in [4.78, 5) is 9.60. The minimum absolute atomic E-state index is 0. The molecule has 0 saturated carbocycles. The Morgan fingerprint density at radius 1 is 1.71 bits per heavy atom. The van der Waals surface area contributed by atoms with Crippen LogP contribution >= 0.6 is 0 Å². The number of carboxylic acid groups (broad SMARTS) is 1. The van der Waals surface area contributed by atoms with Gasteiger partial charge in [0.2, 0.25) is 0 Å². The largest absolute Gasteiger partial charge is 0.478 e. The van der Waals surface area contributed by atoms with Gasteiger partial charge in [-0.05, 0) is 6.92 Å². The zero-order valence-corrected chi connectivity index (χ0v) is 7.49. The van der Waals surface area contributed by atoms with Crippen molar-refractivity contribution in [3.8, 4) is 0 Å². The Kier molecular flexibility index (Phi) is 6.17. The zero-order chi connectivity index (χ0) is 5.15. The molecule has 0 atom stereocenters. The molecule has 3 heteroatoms. The minimum Gasteiger partial charge on any atom is -0.478 e.